The van der Waals surface area contributed by atoms with Gasteiger partial charge in [0.2, 0.25) is 0 Å². The van der Waals surface area contributed by atoms with Gasteiger partial charge in [-0.25, -0.2) is 4.98 Å². The van der Waals surface area contributed by atoms with Crippen LogP contribution in [0.3, 0.4) is 0 Å². The van der Waals surface area contributed by atoms with Crippen LogP contribution < -0.4 is 5.73 Å². The Labute approximate surface area is 107 Å². The summed E-state index contributed by atoms with van der Waals surface area (Å²) in [5.41, 5.74) is 8.96. The standard InChI is InChI=1S/C11H10ClN5O/c12-6-2-9-8(1-5(6)4-18)15-11(16-9)10-7(13)3-14-17-10/h1-3,18H,4,13H2,(H,14,17)(H,15,16). The summed E-state index contributed by atoms with van der Waals surface area (Å²) < 4.78 is 0. The third-order valence-corrected chi connectivity index (χ3v) is 3.07. The Hall–Kier alpha value is -2.05. The lowest BCUT2D eigenvalue weighted by atomic mass is 10.2. The fourth-order valence-electron chi connectivity index (χ4n) is 1.80. The van der Waals surface area contributed by atoms with Gasteiger partial charge in [-0.05, 0) is 17.7 Å². The minimum Gasteiger partial charge on any atom is -0.396 e. The predicted molar refractivity (Wildman–Crippen MR) is 69.0 cm³/mol. The second-order valence-corrected chi connectivity index (χ2v) is 4.30. The maximum Gasteiger partial charge on any atom is 0.161 e. The highest BCUT2D eigenvalue weighted by Crippen LogP contribution is 2.27. The number of nitrogens with two attached hydrogens (primary N) is 1. The first-order chi connectivity index (χ1) is 8.69. The number of nitrogens with one attached hydrogen (secondary N) is 2. The van der Waals surface area contributed by atoms with Crippen molar-refractivity contribution in [2.75, 3.05) is 5.73 Å². The number of aromatic nitrogens is 4. The molecule has 0 unspecified atom stereocenters. The molecule has 0 radical (unpaired) electrons. The number of rotatable bonds is 2. The Bertz CT molecular complexity index is 717. The summed E-state index contributed by atoms with van der Waals surface area (Å²) in [4.78, 5) is 7.47. The van der Waals surface area contributed by atoms with Crippen molar-refractivity contribution in [1.82, 2.24) is 20.2 Å². The molecule has 0 saturated carbocycles. The van der Waals surface area contributed by atoms with E-state index in [1.165, 1.54) is 0 Å². The van der Waals surface area contributed by atoms with Gasteiger partial charge in [0.15, 0.2) is 11.5 Å². The molecule has 0 aliphatic carbocycles. The van der Waals surface area contributed by atoms with Crippen LogP contribution >= 0.6 is 11.6 Å². The molecule has 18 heavy (non-hydrogen) atoms. The highest BCUT2D eigenvalue weighted by molar-refractivity contribution is 6.32. The van der Waals surface area contributed by atoms with E-state index in [4.69, 9.17) is 22.4 Å². The summed E-state index contributed by atoms with van der Waals surface area (Å²) in [6, 6.07) is 3.46. The van der Waals surface area contributed by atoms with Gasteiger partial charge in [0.1, 0.15) is 0 Å². The average molecular weight is 264 g/mol. The fourth-order valence-corrected chi connectivity index (χ4v) is 2.02. The third-order valence-electron chi connectivity index (χ3n) is 2.71. The first-order valence-corrected chi connectivity index (χ1v) is 5.65. The maximum absolute atomic E-state index is 9.15. The maximum atomic E-state index is 9.15. The van der Waals surface area contributed by atoms with Crippen molar-refractivity contribution in [1.29, 1.82) is 0 Å². The van der Waals surface area contributed by atoms with E-state index in [2.05, 4.69) is 20.2 Å². The van der Waals surface area contributed by atoms with Crippen LogP contribution in [0.5, 0.6) is 0 Å². The van der Waals surface area contributed by atoms with Gasteiger partial charge in [0.25, 0.3) is 0 Å². The number of nitrogen functional groups attached to an aromatic ring is 1. The van der Waals surface area contributed by atoms with E-state index in [1.54, 1.807) is 18.3 Å². The highest BCUT2D eigenvalue weighted by Gasteiger charge is 2.12. The van der Waals surface area contributed by atoms with Crippen LogP contribution in [0.2, 0.25) is 5.02 Å². The summed E-state index contributed by atoms with van der Waals surface area (Å²) in [6.07, 6.45) is 1.59. The second kappa shape index (κ2) is 4.01. The number of benzene rings is 1. The number of halogens is 1. The molecule has 3 aromatic rings. The molecule has 0 aliphatic rings. The van der Waals surface area contributed by atoms with Crippen molar-refractivity contribution < 1.29 is 5.11 Å². The average Bonchev–Trinajstić information content (AvgIpc) is 2.93. The van der Waals surface area contributed by atoms with Crippen molar-refractivity contribution >= 4 is 28.3 Å². The summed E-state index contributed by atoms with van der Waals surface area (Å²) >= 11 is 6.01. The summed E-state index contributed by atoms with van der Waals surface area (Å²) in [5.74, 6) is 0.565. The van der Waals surface area contributed by atoms with Gasteiger partial charge >= 0.3 is 0 Å². The van der Waals surface area contributed by atoms with Gasteiger partial charge in [-0.3, -0.25) is 5.10 Å². The van der Waals surface area contributed by atoms with Crippen molar-refractivity contribution in [3.63, 3.8) is 0 Å². The highest BCUT2D eigenvalue weighted by atomic mass is 35.5. The van der Waals surface area contributed by atoms with E-state index in [0.717, 1.165) is 5.52 Å². The Kier molecular flexibility index (Phi) is 2.46. The molecule has 2 heterocycles. The summed E-state index contributed by atoms with van der Waals surface area (Å²) in [7, 11) is 0. The molecule has 0 fully saturated rings. The van der Waals surface area contributed by atoms with Gasteiger partial charge in [0.05, 0.1) is 23.3 Å². The molecule has 6 nitrogen and oxygen atoms in total. The molecule has 1 aromatic carbocycles. The number of aliphatic hydroxyl groups is 1. The number of imidazole rings is 1. The Morgan fingerprint density at radius 3 is 2.89 bits per heavy atom. The van der Waals surface area contributed by atoms with Crippen LogP contribution in [0, 0.1) is 0 Å². The molecule has 92 valence electrons. The van der Waals surface area contributed by atoms with E-state index in [0.29, 0.717) is 33.3 Å². The van der Waals surface area contributed by atoms with Crippen LogP contribution in [-0.2, 0) is 6.61 Å². The Morgan fingerprint density at radius 2 is 2.22 bits per heavy atom. The lowest BCUT2D eigenvalue weighted by molar-refractivity contribution is 0.282. The van der Waals surface area contributed by atoms with E-state index >= 15 is 0 Å². The zero-order chi connectivity index (χ0) is 12.7. The minimum atomic E-state index is -0.124. The third kappa shape index (κ3) is 1.62. The molecule has 0 bridgehead atoms. The number of aromatic amines is 2. The number of fused-ring (bicyclic) bond motifs is 1. The topological polar surface area (TPSA) is 104 Å². The Morgan fingerprint density at radius 1 is 1.39 bits per heavy atom. The molecule has 7 heteroatoms. The van der Waals surface area contributed by atoms with Crippen LogP contribution in [0.15, 0.2) is 18.3 Å². The van der Waals surface area contributed by atoms with Crippen molar-refractivity contribution in [2.24, 2.45) is 0 Å². The van der Waals surface area contributed by atoms with Crippen molar-refractivity contribution in [3.8, 4) is 11.5 Å². The number of nitrogens with zero attached hydrogens (tertiary/aromatic N) is 2. The van der Waals surface area contributed by atoms with Crippen LogP contribution in [0.25, 0.3) is 22.6 Å². The van der Waals surface area contributed by atoms with Crippen LogP contribution in [0.1, 0.15) is 5.56 Å². The van der Waals surface area contributed by atoms with E-state index in [9.17, 15) is 0 Å². The van der Waals surface area contributed by atoms with Crippen molar-refractivity contribution in [2.45, 2.75) is 6.61 Å². The van der Waals surface area contributed by atoms with Crippen molar-refractivity contribution in [3.05, 3.63) is 28.9 Å². The molecular formula is C11H10ClN5O. The normalized spacial score (nSPS) is 11.2. The molecule has 0 amide bonds. The van der Waals surface area contributed by atoms with Crippen LogP contribution in [0.4, 0.5) is 5.69 Å². The van der Waals surface area contributed by atoms with Gasteiger partial charge in [-0.15, -0.1) is 0 Å². The number of hydrogen-bond acceptors (Lipinski definition) is 4. The first kappa shape index (κ1) is 11.1. The monoisotopic (exact) mass is 263 g/mol. The largest absolute Gasteiger partial charge is 0.396 e. The van der Waals surface area contributed by atoms with Crippen LogP contribution in [-0.4, -0.2) is 25.3 Å². The number of aliphatic hydroxyl groups excluding tert-OH is 1. The number of H-pyrrole nitrogens is 2. The lowest BCUT2D eigenvalue weighted by Crippen LogP contribution is -1.87. The molecule has 3 rings (SSSR count). The van der Waals surface area contributed by atoms with E-state index < -0.39 is 0 Å². The zero-order valence-electron chi connectivity index (χ0n) is 9.24. The quantitative estimate of drug-likeness (QED) is 0.565. The van der Waals surface area contributed by atoms with E-state index in [-0.39, 0.29) is 6.61 Å². The minimum absolute atomic E-state index is 0.124. The van der Waals surface area contributed by atoms with Gasteiger partial charge in [-0.1, -0.05) is 11.6 Å². The smallest absolute Gasteiger partial charge is 0.161 e. The predicted octanol–water partition coefficient (Wildman–Crippen LogP) is 1.68. The number of hydrogen-bond donors (Lipinski definition) is 4. The number of anilines is 1. The van der Waals surface area contributed by atoms with Gasteiger partial charge < -0.3 is 15.8 Å². The molecular weight excluding hydrogens is 254 g/mol. The first-order valence-electron chi connectivity index (χ1n) is 5.27. The molecule has 0 aliphatic heterocycles. The fraction of sp³-hybridized carbons (Fsp3) is 0.0909. The molecule has 0 spiro atoms. The lowest BCUT2D eigenvalue weighted by Gasteiger charge is -1.98. The van der Waals surface area contributed by atoms with Gasteiger partial charge in [-0.2, -0.15) is 5.10 Å². The summed E-state index contributed by atoms with van der Waals surface area (Å²) in [5, 5.41) is 16.3. The zero-order valence-corrected chi connectivity index (χ0v) is 9.99. The molecule has 2 aromatic heterocycles. The summed E-state index contributed by atoms with van der Waals surface area (Å²) in [6.45, 7) is -0.124. The second-order valence-electron chi connectivity index (χ2n) is 3.89. The van der Waals surface area contributed by atoms with E-state index in [1.807, 2.05) is 0 Å². The SMILES string of the molecule is Nc1c[nH]nc1-c1nc2cc(CO)c(Cl)cc2[nH]1. The van der Waals surface area contributed by atoms with Gasteiger partial charge in [0, 0.05) is 11.2 Å². The molecule has 0 saturated heterocycles. The molecule has 5 N–H and O–H groups in total. The molecule has 0 atom stereocenters. The Balaban J connectivity index is 2.20.